The molecule has 0 unspecified atom stereocenters. The zero-order chi connectivity index (χ0) is 16.2. The number of para-hydroxylation sites is 1. The molecule has 2 amide bonds. The van der Waals surface area contributed by atoms with Crippen LogP contribution in [-0.4, -0.2) is 28.7 Å². The summed E-state index contributed by atoms with van der Waals surface area (Å²) < 4.78 is 0. The molecule has 1 N–H and O–H groups in total. The van der Waals surface area contributed by atoms with Crippen molar-refractivity contribution in [2.75, 3.05) is 6.54 Å². The van der Waals surface area contributed by atoms with E-state index in [-0.39, 0.29) is 5.91 Å². The molecule has 1 heterocycles. The van der Waals surface area contributed by atoms with Gasteiger partial charge in [0.1, 0.15) is 0 Å². The molecular formula is C18H21ClN2O2. The van der Waals surface area contributed by atoms with Crippen molar-refractivity contribution in [3.63, 3.8) is 0 Å². The maximum Gasteiger partial charge on any atom is 0.229 e. The Hall–Kier alpha value is -1.81. The van der Waals surface area contributed by atoms with E-state index in [4.69, 9.17) is 11.6 Å². The van der Waals surface area contributed by atoms with Crippen LogP contribution in [0.1, 0.15) is 37.7 Å². The summed E-state index contributed by atoms with van der Waals surface area (Å²) in [5.74, 6) is 0.388. The summed E-state index contributed by atoms with van der Waals surface area (Å²) >= 11 is 6.15. The molecule has 1 fully saturated rings. The molecule has 0 radical (unpaired) electrons. The third-order valence-electron chi connectivity index (χ3n) is 4.74. The first-order valence-electron chi connectivity index (χ1n) is 8.18. The average Bonchev–Trinajstić information content (AvgIpc) is 3.20. The number of rotatable bonds is 6. The van der Waals surface area contributed by atoms with E-state index in [0.717, 1.165) is 29.3 Å². The van der Waals surface area contributed by atoms with Crippen molar-refractivity contribution >= 4 is 34.8 Å². The van der Waals surface area contributed by atoms with Gasteiger partial charge in [-0.2, -0.15) is 0 Å². The molecule has 23 heavy (non-hydrogen) atoms. The Morgan fingerprint density at radius 3 is 2.87 bits per heavy atom. The largest absolute Gasteiger partial charge is 0.360 e. The number of halogens is 1. The van der Waals surface area contributed by atoms with Gasteiger partial charge >= 0.3 is 0 Å². The van der Waals surface area contributed by atoms with Crippen LogP contribution < -0.4 is 0 Å². The van der Waals surface area contributed by atoms with E-state index in [2.05, 4.69) is 4.98 Å². The van der Waals surface area contributed by atoms with Crippen molar-refractivity contribution in [2.24, 2.45) is 5.92 Å². The van der Waals surface area contributed by atoms with Gasteiger partial charge in [-0.1, -0.05) is 36.6 Å². The molecule has 0 bridgehead atoms. The van der Waals surface area contributed by atoms with Crippen LogP contribution in [0.25, 0.3) is 10.9 Å². The molecule has 1 saturated carbocycles. The summed E-state index contributed by atoms with van der Waals surface area (Å²) in [6, 6.07) is 5.74. The molecule has 1 aromatic heterocycles. The molecule has 1 aliphatic carbocycles. The second kappa shape index (κ2) is 7.18. The average molecular weight is 333 g/mol. The Bertz CT molecular complexity index is 704. The number of aromatic nitrogens is 1. The number of benzene rings is 1. The van der Waals surface area contributed by atoms with E-state index in [1.807, 2.05) is 24.4 Å². The molecule has 5 heteroatoms. The van der Waals surface area contributed by atoms with Crippen LogP contribution in [0.15, 0.2) is 24.4 Å². The number of H-pyrrole nitrogens is 1. The Morgan fingerprint density at radius 1 is 1.35 bits per heavy atom. The quantitative estimate of drug-likeness (QED) is 0.815. The van der Waals surface area contributed by atoms with Crippen molar-refractivity contribution in [1.82, 2.24) is 9.88 Å². The molecule has 0 saturated heterocycles. The third kappa shape index (κ3) is 3.58. The van der Waals surface area contributed by atoms with Gasteiger partial charge in [0.05, 0.1) is 10.5 Å². The normalized spacial score (nSPS) is 15.2. The van der Waals surface area contributed by atoms with Gasteiger partial charge in [0.15, 0.2) is 0 Å². The van der Waals surface area contributed by atoms with Crippen LogP contribution in [0.3, 0.4) is 0 Å². The summed E-state index contributed by atoms with van der Waals surface area (Å²) in [6.45, 7) is 0.571. The van der Waals surface area contributed by atoms with Crippen LogP contribution in [0.2, 0.25) is 5.02 Å². The first kappa shape index (κ1) is 16.1. The lowest BCUT2D eigenvalue weighted by molar-refractivity contribution is -0.138. The van der Waals surface area contributed by atoms with Gasteiger partial charge in [-0.3, -0.25) is 14.5 Å². The minimum Gasteiger partial charge on any atom is -0.360 e. The SMILES string of the molecule is O=CN(CC1CCCC1)C(=O)CCc1c[nH]c2c(Cl)cccc12. The number of hydrogen-bond acceptors (Lipinski definition) is 2. The van der Waals surface area contributed by atoms with Crippen molar-refractivity contribution in [2.45, 2.75) is 38.5 Å². The molecule has 0 aliphatic heterocycles. The second-order valence-electron chi connectivity index (χ2n) is 6.28. The van der Waals surface area contributed by atoms with Crippen LogP contribution in [0.5, 0.6) is 0 Å². The van der Waals surface area contributed by atoms with Crippen LogP contribution in [0, 0.1) is 5.92 Å². The fourth-order valence-corrected chi connectivity index (χ4v) is 3.67. The number of fused-ring (bicyclic) bond motifs is 1. The fourth-order valence-electron chi connectivity index (χ4n) is 3.44. The lowest BCUT2D eigenvalue weighted by Crippen LogP contribution is -2.33. The summed E-state index contributed by atoms with van der Waals surface area (Å²) in [5, 5.41) is 1.72. The van der Waals surface area contributed by atoms with Gasteiger partial charge in [0.2, 0.25) is 12.3 Å². The number of imide groups is 1. The summed E-state index contributed by atoms with van der Waals surface area (Å²) in [7, 11) is 0. The van der Waals surface area contributed by atoms with E-state index in [1.54, 1.807) is 0 Å². The molecule has 122 valence electrons. The van der Waals surface area contributed by atoms with Crippen LogP contribution >= 0.6 is 11.6 Å². The van der Waals surface area contributed by atoms with Crippen molar-refractivity contribution < 1.29 is 9.59 Å². The number of carbonyl (C=O) groups excluding carboxylic acids is 2. The predicted molar refractivity (Wildman–Crippen MR) is 91.4 cm³/mol. The number of nitrogens with zero attached hydrogens (tertiary/aromatic N) is 1. The third-order valence-corrected chi connectivity index (χ3v) is 5.05. The number of carbonyl (C=O) groups is 2. The molecule has 2 aromatic rings. The highest BCUT2D eigenvalue weighted by molar-refractivity contribution is 6.35. The number of nitrogens with one attached hydrogen (secondary N) is 1. The molecule has 3 rings (SSSR count). The predicted octanol–water partition coefficient (Wildman–Crippen LogP) is 3.93. The van der Waals surface area contributed by atoms with Crippen molar-refractivity contribution in [3.05, 3.63) is 35.0 Å². The van der Waals surface area contributed by atoms with E-state index in [9.17, 15) is 9.59 Å². The highest BCUT2D eigenvalue weighted by atomic mass is 35.5. The lowest BCUT2D eigenvalue weighted by atomic mass is 10.1. The molecule has 1 aromatic carbocycles. The van der Waals surface area contributed by atoms with E-state index in [0.29, 0.717) is 36.7 Å². The first-order chi connectivity index (χ1) is 11.2. The lowest BCUT2D eigenvalue weighted by Gasteiger charge is -2.19. The highest BCUT2D eigenvalue weighted by Gasteiger charge is 2.21. The van der Waals surface area contributed by atoms with Crippen molar-refractivity contribution in [1.29, 1.82) is 0 Å². The Balaban J connectivity index is 1.62. The van der Waals surface area contributed by atoms with Gasteiger partial charge in [0.25, 0.3) is 0 Å². The topological polar surface area (TPSA) is 53.2 Å². The monoisotopic (exact) mass is 332 g/mol. The fraction of sp³-hybridized carbons (Fsp3) is 0.444. The zero-order valence-corrected chi connectivity index (χ0v) is 13.8. The minimum absolute atomic E-state index is 0.0942. The first-order valence-corrected chi connectivity index (χ1v) is 8.56. The van der Waals surface area contributed by atoms with E-state index >= 15 is 0 Å². The van der Waals surface area contributed by atoms with E-state index in [1.165, 1.54) is 17.7 Å². The van der Waals surface area contributed by atoms with Gasteiger partial charge < -0.3 is 4.98 Å². The van der Waals surface area contributed by atoms with Gasteiger partial charge in [-0.15, -0.1) is 0 Å². The van der Waals surface area contributed by atoms with Gasteiger partial charge in [-0.25, -0.2) is 0 Å². The van der Waals surface area contributed by atoms with Crippen molar-refractivity contribution in [3.8, 4) is 0 Å². The molecule has 4 nitrogen and oxygen atoms in total. The number of hydrogen-bond donors (Lipinski definition) is 1. The summed E-state index contributed by atoms with van der Waals surface area (Å²) in [4.78, 5) is 28.1. The van der Waals surface area contributed by atoms with Crippen LogP contribution in [0.4, 0.5) is 0 Å². The Labute approximate surface area is 140 Å². The highest BCUT2D eigenvalue weighted by Crippen LogP contribution is 2.27. The zero-order valence-electron chi connectivity index (χ0n) is 13.1. The summed E-state index contributed by atoms with van der Waals surface area (Å²) in [6.07, 6.45) is 8.19. The minimum atomic E-state index is -0.0942. The maximum atomic E-state index is 12.3. The number of amides is 2. The number of aryl methyl sites for hydroxylation is 1. The second-order valence-corrected chi connectivity index (χ2v) is 6.69. The van der Waals surface area contributed by atoms with Crippen LogP contribution in [-0.2, 0) is 16.0 Å². The Kier molecular flexibility index (Phi) is 5.01. The standard InChI is InChI=1S/C18H21ClN2O2/c19-16-7-3-6-15-14(10-20-18(15)16)8-9-17(23)21(12-22)11-13-4-1-2-5-13/h3,6-7,10,12-13,20H,1-2,4-5,8-9,11H2. The maximum absolute atomic E-state index is 12.3. The van der Waals surface area contributed by atoms with E-state index < -0.39 is 0 Å². The summed E-state index contributed by atoms with van der Waals surface area (Å²) in [5.41, 5.74) is 1.96. The molecule has 0 spiro atoms. The molecule has 0 atom stereocenters. The number of aromatic amines is 1. The molecular weight excluding hydrogens is 312 g/mol. The molecule has 1 aliphatic rings. The smallest absolute Gasteiger partial charge is 0.229 e. The van der Waals surface area contributed by atoms with Gasteiger partial charge in [0, 0.05) is 24.5 Å². The van der Waals surface area contributed by atoms with Gasteiger partial charge in [-0.05, 0) is 36.8 Å². The Morgan fingerprint density at radius 2 is 2.13 bits per heavy atom.